The summed E-state index contributed by atoms with van der Waals surface area (Å²) in [5, 5.41) is 14.1. The number of carboxylic acids is 2. The van der Waals surface area contributed by atoms with Crippen LogP contribution in [0, 0.1) is 6.92 Å². The highest BCUT2D eigenvalue weighted by Crippen LogP contribution is 2.36. The first kappa shape index (κ1) is 15.3. The van der Waals surface area contributed by atoms with Gasteiger partial charge >= 0.3 is 17.3 Å². The van der Waals surface area contributed by atoms with E-state index in [2.05, 4.69) is 4.98 Å². The molecule has 104 valence electrons. The van der Waals surface area contributed by atoms with Crippen molar-refractivity contribution in [2.75, 3.05) is 0 Å². The van der Waals surface area contributed by atoms with Crippen molar-refractivity contribution in [2.45, 2.75) is 25.7 Å². The van der Waals surface area contributed by atoms with Gasteiger partial charge in [-0.05, 0) is 36.1 Å². The largest absolute Gasteiger partial charge is 0.478 e. The molecule has 19 heavy (non-hydrogen) atoms. The zero-order valence-corrected chi connectivity index (χ0v) is 10.8. The highest BCUT2D eigenvalue weighted by molar-refractivity contribution is 6.21. The molecule has 5 nitrogen and oxygen atoms in total. The van der Waals surface area contributed by atoms with Crippen LogP contribution in [0.3, 0.4) is 0 Å². The van der Waals surface area contributed by atoms with Crippen molar-refractivity contribution in [2.24, 2.45) is 0 Å². The Morgan fingerprint density at radius 1 is 1.32 bits per heavy atom. The average Bonchev–Trinajstić information content (AvgIpc) is 2.25. The number of nitrogens with zero attached hydrogens (tertiary/aromatic N) is 1. The number of hydrogen-bond donors (Lipinski definition) is 2. The van der Waals surface area contributed by atoms with E-state index in [9.17, 15) is 18.4 Å². The van der Waals surface area contributed by atoms with Crippen molar-refractivity contribution in [1.29, 1.82) is 0 Å². The number of halogens is 3. The molecule has 0 aromatic carbocycles. The predicted octanol–water partition coefficient (Wildman–Crippen LogP) is 2.64. The zero-order valence-electron chi connectivity index (χ0n) is 10.00. The first-order valence-electron chi connectivity index (χ1n) is 5.18. The molecule has 1 aromatic heterocycles. The second kappa shape index (κ2) is 5.08. The van der Waals surface area contributed by atoms with Gasteiger partial charge in [0.15, 0.2) is 5.69 Å². The van der Waals surface area contributed by atoms with Crippen molar-refractivity contribution in [3.05, 3.63) is 28.1 Å². The van der Waals surface area contributed by atoms with Gasteiger partial charge in [0, 0.05) is 0 Å². The maximum Gasteiger partial charge on any atom is 0.365 e. The van der Waals surface area contributed by atoms with Crippen molar-refractivity contribution in [3.8, 4) is 0 Å². The SMILES string of the molecule is CCc1c(C(=O)O)nc(C(F)(F)Cl)c(C)c1C(=O)O. The van der Waals surface area contributed by atoms with Gasteiger partial charge in [0.05, 0.1) is 5.56 Å². The molecule has 0 aliphatic carbocycles. The predicted molar refractivity (Wildman–Crippen MR) is 62.0 cm³/mol. The summed E-state index contributed by atoms with van der Waals surface area (Å²) in [6.07, 6.45) is 0.0330. The Morgan fingerprint density at radius 3 is 2.16 bits per heavy atom. The lowest BCUT2D eigenvalue weighted by Gasteiger charge is -2.17. The molecule has 0 unspecified atom stereocenters. The van der Waals surface area contributed by atoms with Crippen LogP contribution in [0.1, 0.15) is 44.6 Å². The summed E-state index contributed by atoms with van der Waals surface area (Å²) >= 11 is 4.83. The molecule has 2 N–H and O–H groups in total. The standard InChI is InChI=1S/C11H10ClF2NO4/c1-3-5-6(9(16)17)4(2)8(11(12,13)14)15-7(5)10(18)19/h3H2,1-2H3,(H,16,17)(H,18,19). The van der Waals surface area contributed by atoms with Crippen LogP contribution in [0.5, 0.6) is 0 Å². The quantitative estimate of drug-likeness (QED) is 0.833. The summed E-state index contributed by atoms with van der Waals surface area (Å²) in [5.74, 6) is -3.08. The molecule has 1 aromatic rings. The van der Waals surface area contributed by atoms with Crippen molar-refractivity contribution >= 4 is 23.5 Å². The number of aromatic carboxylic acids is 2. The minimum absolute atomic E-state index is 0.0330. The number of hydrogen-bond acceptors (Lipinski definition) is 3. The Kier molecular flexibility index (Phi) is 4.09. The van der Waals surface area contributed by atoms with Crippen molar-refractivity contribution in [3.63, 3.8) is 0 Å². The third-order valence-electron chi connectivity index (χ3n) is 2.58. The summed E-state index contributed by atoms with van der Waals surface area (Å²) < 4.78 is 26.3. The normalized spacial score (nSPS) is 11.4. The number of carbonyl (C=O) groups is 2. The highest BCUT2D eigenvalue weighted by Gasteiger charge is 2.36. The number of pyridine rings is 1. The zero-order chi connectivity index (χ0) is 15.0. The van der Waals surface area contributed by atoms with Crippen LogP contribution < -0.4 is 0 Å². The van der Waals surface area contributed by atoms with Crippen LogP contribution in [-0.4, -0.2) is 27.1 Å². The van der Waals surface area contributed by atoms with Gasteiger partial charge in [-0.25, -0.2) is 14.6 Å². The molecule has 0 saturated heterocycles. The van der Waals surface area contributed by atoms with E-state index < -0.39 is 34.3 Å². The Hall–Kier alpha value is -1.76. The summed E-state index contributed by atoms with van der Waals surface area (Å²) in [7, 11) is 0. The Labute approximate surface area is 111 Å². The van der Waals surface area contributed by atoms with E-state index in [4.69, 9.17) is 21.8 Å². The minimum atomic E-state index is -3.94. The number of alkyl halides is 3. The van der Waals surface area contributed by atoms with E-state index in [0.717, 1.165) is 6.92 Å². The van der Waals surface area contributed by atoms with Gasteiger partial charge in [-0.15, -0.1) is 0 Å². The monoisotopic (exact) mass is 293 g/mol. The molecule has 0 atom stereocenters. The Balaban J connectivity index is 3.83. The minimum Gasteiger partial charge on any atom is -0.478 e. The molecule has 8 heteroatoms. The van der Waals surface area contributed by atoms with Crippen LogP contribution in [0.4, 0.5) is 8.78 Å². The molecular weight excluding hydrogens is 284 g/mol. The lowest BCUT2D eigenvalue weighted by atomic mass is 9.97. The molecule has 0 fully saturated rings. The molecule has 0 radical (unpaired) electrons. The van der Waals surface area contributed by atoms with E-state index in [-0.39, 0.29) is 17.5 Å². The number of carboxylic acid groups (broad SMARTS) is 2. The molecule has 0 aliphatic heterocycles. The molecule has 1 rings (SSSR count). The Bertz CT molecular complexity index is 555. The lowest BCUT2D eigenvalue weighted by Crippen LogP contribution is -2.20. The van der Waals surface area contributed by atoms with Crippen molar-refractivity contribution < 1.29 is 28.6 Å². The molecule has 0 bridgehead atoms. The topological polar surface area (TPSA) is 87.5 Å². The van der Waals surface area contributed by atoms with Gasteiger partial charge in [0.1, 0.15) is 5.69 Å². The van der Waals surface area contributed by atoms with Gasteiger partial charge in [-0.1, -0.05) is 6.92 Å². The van der Waals surface area contributed by atoms with Crippen LogP contribution in [-0.2, 0) is 11.8 Å². The summed E-state index contributed by atoms with van der Waals surface area (Å²) in [6, 6.07) is 0. The van der Waals surface area contributed by atoms with Gasteiger partial charge < -0.3 is 10.2 Å². The van der Waals surface area contributed by atoms with Crippen LogP contribution in [0.15, 0.2) is 0 Å². The van der Waals surface area contributed by atoms with Gasteiger partial charge in [-0.2, -0.15) is 8.78 Å². The maximum absolute atomic E-state index is 13.2. The van der Waals surface area contributed by atoms with Crippen molar-refractivity contribution in [1.82, 2.24) is 4.98 Å². The lowest BCUT2D eigenvalue weighted by molar-refractivity contribution is 0.0679. The van der Waals surface area contributed by atoms with E-state index >= 15 is 0 Å². The highest BCUT2D eigenvalue weighted by atomic mass is 35.5. The second-order valence-corrected chi connectivity index (χ2v) is 4.22. The molecule has 0 spiro atoms. The summed E-state index contributed by atoms with van der Waals surface area (Å²) in [5.41, 5.74) is -2.72. The third kappa shape index (κ3) is 2.81. The first-order chi connectivity index (χ1) is 8.61. The molecule has 0 saturated carbocycles. The van der Waals surface area contributed by atoms with Gasteiger partial charge in [-0.3, -0.25) is 0 Å². The fourth-order valence-corrected chi connectivity index (χ4v) is 2.00. The van der Waals surface area contributed by atoms with E-state index in [0.29, 0.717) is 0 Å². The molecular formula is C11H10ClF2NO4. The number of rotatable bonds is 4. The van der Waals surface area contributed by atoms with Crippen LogP contribution >= 0.6 is 11.6 Å². The fraction of sp³-hybridized carbons (Fsp3) is 0.364. The third-order valence-corrected chi connectivity index (χ3v) is 2.76. The number of aromatic nitrogens is 1. The van der Waals surface area contributed by atoms with Crippen LogP contribution in [0.25, 0.3) is 0 Å². The van der Waals surface area contributed by atoms with E-state index in [1.54, 1.807) is 0 Å². The molecule has 1 heterocycles. The Morgan fingerprint density at radius 2 is 1.84 bits per heavy atom. The molecule has 0 amide bonds. The van der Waals surface area contributed by atoms with Gasteiger partial charge in [0.25, 0.3) is 0 Å². The fourth-order valence-electron chi connectivity index (χ4n) is 1.81. The average molecular weight is 294 g/mol. The maximum atomic E-state index is 13.2. The van der Waals surface area contributed by atoms with E-state index in [1.165, 1.54) is 6.92 Å². The van der Waals surface area contributed by atoms with E-state index in [1.807, 2.05) is 0 Å². The molecule has 0 aliphatic rings. The van der Waals surface area contributed by atoms with Crippen LogP contribution in [0.2, 0.25) is 0 Å². The smallest absolute Gasteiger partial charge is 0.365 e. The summed E-state index contributed by atoms with van der Waals surface area (Å²) in [6.45, 7) is 2.63. The summed E-state index contributed by atoms with van der Waals surface area (Å²) in [4.78, 5) is 25.5. The van der Waals surface area contributed by atoms with Gasteiger partial charge in [0.2, 0.25) is 0 Å². The second-order valence-electron chi connectivity index (χ2n) is 3.75. The first-order valence-corrected chi connectivity index (χ1v) is 5.56.